The van der Waals surface area contributed by atoms with E-state index in [1.165, 1.54) is 0 Å². The van der Waals surface area contributed by atoms with Crippen molar-refractivity contribution in [3.8, 4) is 29.1 Å². The summed E-state index contributed by atoms with van der Waals surface area (Å²) in [6.45, 7) is 2.72. The zero-order valence-corrected chi connectivity index (χ0v) is 16.6. The van der Waals surface area contributed by atoms with Gasteiger partial charge in [0.1, 0.15) is 42.3 Å². The summed E-state index contributed by atoms with van der Waals surface area (Å²) in [5, 5.41) is 8.78. The zero-order valence-electron chi connectivity index (χ0n) is 16.6. The van der Waals surface area contributed by atoms with E-state index in [0.29, 0.717) is 24.7 Å². The Kier molecular flexibility index (Phi) is 6.96. The molecule has 0 amide bonds. The number of benzene rings is 3. The molecule has 0 aliphatic rings. The van der Waals surface area contributed by atoms with Crippen LogP contribution in [0.1, 0.15) is 16.7 Å². The van der Waals surface area contributed by atoms with Crippen LogP contribution in [0, 0.1) is 18.3 Å². The van der Waals surface area contributed by atoms with Gasteiger partial charge in [0.2, 0.25) is 0 Å². The molecule has 29 heavy (non-hydrogen) atoms. The van der Waals surface area contributed by atoms with Gasteiger partial charge in [0.15, 0.2) is 6.61 Å². The summed E-state index contributed by atoms with van der Waals surface area (Å²) in [5.74, 6) is 2.91. The fraction of sp³-hybridized carbons (Fsp3) is 0.208. The zero-order chi connectivity index (χ0) is 20.5. The molecule has 0 aliphatic heterocycles. The Morgan fingerprint density at radius 1 is 0.793 bits per heavy atom. The molecule has 0 heterocycles. The second-order valence-electron chi connectivity index (χ2n) is 6.41. The molecule has 0 bridgehead atoms. The van der Waals surface area contributed by atoms with Gasteiger partial charge in [-0.05, 0) is 42.3 Å². The molecule has 0 unspecified atom stereocenters. The highest BCUT2D eigenvalue weighted by molar-refractivity contribution is 5.41. The van der Waals surface area contributed by atoms with Crippen LogP contribution >= 0.6 is 0 Å². The molecule has 5 nitrogen and oxygen atoms in total. The van der Waals surface area contributed by atoms with Crippen LogP contribution in [0.5, 0.6) is 23.0 Å². The minimum absolute atomic E-state index is 0.00541. The van der Waals surface area contributed by atoms with Crippen LogP contribution < -0.4 is 18.9 Å². The average molecular weight is 389 g/mol. The quantitative estimate of drug-likeness (QED) is 0.512. The van der Waals surface area contributed by atoms with Gasteiger partial charge in [0.05, 0.1) is 7.11 Å². The Labute approximate surface area is 171 Å². The van der Waals surface area contributed by atoms with Crippen LogP contribution in [0.2, 0.25) is 0 Å². The molecule has 0 spiro atoms. The van der Waals surface area contributed by atoms with E-state index < -0.39 is 0 Å². The van der Waals surface area contributed by atoms with Gasteiger partial charge in [-0.15, -0.1) is 0 Å². The fourth-order valence-corrected chi connectivity index (χ4v) is 2.88. The number of hydrogen-bond acceptors (Lipinski definition) is 5. The first-order valence-electron chi connectivity index (χ1n) is 9.26. The lowest BCUT2D eigenvalue weighted by Gasteiger charge is -2.14. The standard InChI is InChI=1S/C24H23NO4/c1-18-6-3-8-20(24(18)27-13-12-25)17-29-23-11-5-10-22(15-23)28-16-19-7-4-9-21(14-19)26-2/h3-11,14-15H,13,16-17H2,1-2H3. The average Bonchev–Trinajstić information content (AvgIpc) is 2.76. The monoisotopic (exact) mass is 389 g/mol. The lowest BCUT2D eigenvalue weighted by Crippen LogP contribution is -2.03. The van der Waals surface area contributed by atoms with Crippen LogP contribution in [0.3, 0.4) is 0 Å². The van der Waals surface area contributed by atoms with E-state index in [0.717, 1.165) is 28.2 Å². The van der Waals surface area contributed by atoms with E-state index in [-0.39, 0.29) is 6.61 Å². The topological polar surface area (TPSA) is 60.7 Å². The molecule has 0 radical (unpaired) electrons. The van der Waals surface area contributed by atoms with Gasteiger partial charge in [-0.25, -0.2) is 0 Å². The normalized spacial score (nSPS) is 10.1. The molecular weight excluding hydrogens is 366 g/mol. The first-order chi connectivity index (χ1) is 14.2. The molecule has 0 saturated heterocycles. The maximum Gasteiger partial charge on any atom is 0.174 e. The minimum Gasteiger partial charge on any atom is -0.497 e. The Morgan fingerprint density at radius 2 is 1.48 bits per heavy atom. The van der Waals surface area contributed by atoms with Gasteiger partial charge >= 0.3 is 0 Å². The lowest BCUT2D eigenvalue weighted by molar-refractivity contribution is 0.282. The van der Waals surface area contributed by atoms with Gasteiger partial charge < -0.3 is 18.9 Å². The molecule has 0 N–H and O–H groups in total. The number of methoxy groups -OCH3 is 1. The first kappa shape index (κ1) is 20.1. The number of ether oxygens (including phenoxy) is 4. The Morgan fingerprint density at radius 3 is 2.24 bits per heavy atom. The Bertz CT molecular complexity index is 994. The fourth-order valence-electron chi connectivity index (χ4n) is 2.88. The van der Waals surface area contributed by atoms with Gasteiger partial charge in [-0.3, -0.25) is 0 Å². The van der Waals surface area contributed by atoms with Crippen LogP contribution in [0.15, 0.2) is 66.7 Å². The van der Waals surface area contributed by atoms with Gasteiger partial charge in [-0.2, -0.15) is 5.26 Å². The lowest BCUT2D eigenvalue weighted by atomic mass is 10.1. The number of rotatable bonds is 9. The first-order valence-corrected chi connectivity index (χ1v) is 9.26. The molecule has 0 aliphatic carbocycles. The number of para-hydroxylation sites is 1. The summed E-state index contributed by atoms with van der Waals surface area (Å²) in [5.41, 5.74) is 2.88. The van der Waals surface area contributed by atoms with Gasteiger partial charge in [-0.1, -0.05) is 36.4 Å². The van der Waals surface area contributed by atoms with E-state index >= 15 is 0 Å². The third-order valence-electron chi connectivity index (χ3n) is 4.31. The molecule has 0 aromatic heterocycles. The molecule has 3 aromatic rings. The van der Waals surface area contributed by atoms with Crippen molar-refractivity contribution in [3.63, 3.8) is 0 Å². The summed E-state index contributed by atoms with van der Waals surface area (Å²) in [4.78, 5) is 0. The minimum atomic E-state index is 0.00541. The largest absolute Gasteiger partial charge is 0.497 e. The van der Waals surface area contributed by atoms with Crippen molar-refractivity contribution in [2.24, 2.45) is 0 Å². The van der Waals surface area contributed by atoms with Crippen LogP contribution in [-0.2, 0) is 13.2 Å². The number of hydrogen-bond donors (Lipinski definition) is 0. The van der Waals surface area contributed by atoms with Crippen LogP contribution in [0.4, 0.5) is 0 Å². The Balaban J connectivity index is 1.63. The second-order valence-corrected chi connectivity index (χ2v) is 6.41. The highest BCUT2D eigenvalue weighted by Gasteiger charge is 2.08. The SMILES string of the molecule is COc1cccc(COc2cccc(OCc3cccc(C)c3OCC#N)c2)c1. The number of nitriles is 1. The predicted molar refractivity (Wildman–Crippen MR) is 110 cm³/mol. The van der Waals surface area contributed by atoms with Gasteiger partial charge in [0, 0.05) is 11.6 Å². The van der Waals surface area contributed by atoms with Crippen molar-refractivity contribution >= 4 is 0 Å². The molecule has 0 fully saturated rings. The summed E-state index contributed by atoms with van der Waals surface area (Å²) in [7, 11) is 1.64. The van der Waals surface area contributed by atoms with Crippen LogP contribution in [-0.4, -0.2) is 13.7 Å². The van der Waals surface area contributed by atoms with Gasteiger partial charge in [0.25, 0.3) is 0 Å². The van der Waals surface area contributed by atoms with E-state index in [4.69, 9.17) is 24.2 Å². The van der Waals surface area contributed by atoms with E-state index in [2.05, 4.69) is 0 Å². The smallest absolute Gasteiger partial charge is 0.174 e. The van der Waals surface area contributed by atoms with E-state index in [1.54, 1.807) is 7.11 Å². The third-order valence-corrected chi connectivity index (χ3v) is 4.31. The predicted octanol–water partition coefficient (Wildman–Crippen LogP) is 5.06. The van der Waals surface area contributed by atoms with Crippen molar-refractivity contribution in [3.05, 3.63) is 83.4 Å². The molecule has 0 saturated carbocycles. The summed E-state index contributed by atoms with van der Waals surface area (Å²) >= 11 is 0. The highest BCUT2D eigenvalue weighted by atomic mass is 16.5. The van der Waals surface area contributed by atoms with Crippen LogP contribution in [0.25, 0.3) is 0 Å². The molecule has 5 heteroatoms. The molecule has 3 aromatic carbocycles. The molecule has 0 atom stereocenters. The molecule has 148 valence electrons. The van der Waals surface area contributed by atoms with E-state index in [9.17, 15) is 0 Å². The maximum absolute atomic E-state index is 8.78. The maximum atomic E-state index is 8.78. The number of nitrogens with zero attached hydrogens (tertiary/aromatic N) is 1. The second kappa shape index (κ2) is 10.0. The van der Waals surface area contributed by atoms with Crippen molar-refractivity contribution < 1.29 is 18.9 Å². The summed E-state index contributed by atoms with van der Waals surface area (Å²) < 4.78 is 22.6. The highest BCUT2D eigenvalue weighted by Crippen LogP contribution is 2.26. The molecule has 3 rings (SSSR count). The van der Waals surface area contributed by atoms with Crippen molar-refractivity contribution in [2.45, 2.75) is 20.1 Å². The van der Waals surface area contributed by atoms with Crippen molar-refractivity contribution in [1.29, 1.82) is 5.26 Å². The van der Waals surface area contributed by atoms with Crippen molar-refractivity contribution in [2.75, 3.05) is 13.7 Å². The van der Waals surface area contributed by atoms with E-state index in [1.807, 2.05) is 79.7 Å². The van der Waals surface area contributed by atoms with Crippen molar-refractivity contribution in [1.82, 2.24) is 0 Å². The Hall–Kier alpha value is -3.65. The third kappa shape index (κ3) is 5.66. The summed E-state index contributed by atoms with van der Waals surface area (Å²) in [6.07, 6.45) is 0. The summed E-state index contributed by atoms with van der Waals surface area (Å²) in [6, 6.07) is 23.1. The number of aryl methyl sites for hydroxylation is 1. The molecular formula is C24H23NO4.